The average molecular weight is 254 g/mol. The zero-order chi connectivity index (χ0) is 13.1. The molecule has 0 spiro atoms. The van der Waals surface area contributed by atoms with E-state index in [0.29, 0.717) is 5.75 Å². The fourth-order valence-electron chi connectivity index (χ4n) is 0.903. The number of halogens is 5. The van der Waals surface area contributed by atoms with Crippen LogP contribution in [0.25, 0.3) is 0 Å². The molecule has 0 saturated heterocycles. The lowest BCUT2D eigenvalue weighted by Gasteiger charge is -2.07. The van der Waals surface area contributed by atoms with E-state index in [2.05, 4.69) is 4.74 Å². The lowest BCUT2D eigenvalue weighted by molar-refractivity contribution is -0.114. The fraction of sp³-hybridized carbons (Fsp3) is 0.200. The quantitative estimate of drug-likeness (QED) is 0.604. The summed E-state index contributed by atoms with van der Waals surface area (Å²) in [6, 6.07) is 2.61. The first-order chi connectivity index (χ1) is 7.84. The Morgan fingerprint density at radius 1 is 1.00 bits per heavy atom. The maximum atomic E-state index is 12.7. The Balaban J connectivity index is 2.84. The summed E-state index contributed by atoms with van der Waals surface area (Å²) in [5.41, 5.74) is 0. The molecule has 0 N–H and O–H groups in total. The monoisotopic (exact) mass is 254 g/mol. The molecule has 1 aromatic carbocycles. The number of benzene rings is 1. The minimum absolute atomic E-state index is 0.275. The Bertz CT molecular complexity index is 408. The van der Waals surface area contributed by atoms with Crippen LogP contribution in [0.5, 0.6) is 11.5 Å². The van der Waals surface area contributed by atoms with Crippen LogP contribution in [0, 0.1) is 0 Å². The highest BCUT2D eigenvalue weighted by molar-refractivity contribution is 5.32. The lowest BCUT2D eigenvalue weighted by atomic mass is 10.3. The van der Waals surface area contributed by atoms with Crippen molar-refractivity contribution in [2.45, 2.75) is 6.18 Å². The van der Waals surface area contributed by atoms with Gasteiger partial charge in [0.05, 0.1) is 7.11 Å². The molecule has 0 unspecified atom stereocenters. The second-order valence-corrected chi connectivity index (χ2v) is 2.86. The van der Waals surface area contributed by atoms with Crippen molar-refractivity contribution in [3.05, 3.63) is 36.1 Å². The first kappa shape index (κ1) is 13.3. The van der Waals surface area contributed by atoms with Gasteiger partial charge >= 0.3 is 12.2 Å². The first-order valence-corrected chi connectivity index (χ1v) is 4.29. The molecule has 0 aliphatic heterocycles. The standard InChI is InChI=1S/C10H7F5O2/c1-16-6-2-4-7(5-3-6)17-9(12)8(11)10(13,14)15/h2-5H,1H3/b9-8-. The van der Waals surface area contributed by atoms with Crippen molar-refractivity contribution in [3.63, 3.8) is 0 Å². The average Bonchev–Trinajstić information content (AvgIpc) is 2.27. The summed E-state index contributed by atoms with van der Waals surface area (Å²) in [4.78, 5) is 0. The van der Waals surface area contributed by atoms with Gasteiger partial charge in [0.15, 0.2) is 0 Å². The van der Waals surface area contributed by atoms with Crippen molar-refractivity contribution in [3.8, 4) is 11.5 Å². The second kappa shape index (κ2) is 5.03. The van der Waals surface area contributed by atoms with E-state index in [-0.39, 0.29) is 5.75 Å². The number of alkyl halides is 3. The normalized spacial score (nSPS) is 13.1. The Hall–Kier alpha value is -1.79. The molecule has 17 heavy (non-hydrogen) atoms. The maximum absolute atomic E-state index is 12.7. The molecule has 0 heterocycles. The van der Waals surface area contributed by atoms with Crippen LogP contribution in [0.2, 0.25) is 0 Å². The van der Waals surface area contributed by atoms with E-state index < -0.39 is 18.0 Å². The van der Waals surface area contributed by atoms with E-state index in [4.69, 9.17) is 4.74 Å². The van der Waals surface area contributed by atoms with Crippen molar-refractivity contribution in [1.29, 1.82) is 0 Å². The highest BCUT2D eigenvalue weighted by atomic mass is 19.4. The number of methoxy groups -OCH3 is 1. The molecular formula is C10H7F5O2. The van der Waals surface area contributed by atoms with Gasteiger partial charge in [-0.05, 0) is 24.3 Å². The van der Waals surface area contributed by atoms with Gasteiger partial charge in [0.2, 0.25) is 0 Å². The molecule has 1 rings (SSSR count). The lowest BCUT2D eigenvalue weighted by Crippen LogP contribution is -2.11. The predicted octanol–water partition coefficient (Wildman–Crippen LogP) is 3.74. The van der Waals surface area contributed by atoms with E-state index in [1.165, 1.54) is 19.2 Å². The topological polar surface area (TPSA) is 18.5 Å². The van der Waals surface area contributed by atoms with Gasteiger partial charge in [0.1, 0.15) is 11.5 Å². The number of ether oxygens (including phenoxy) is 2. The molecule has 0 bridgehead atoms. The van der Waals surface area contributed by atoms with E-state index in [1.54, 1.807) is 0 Å². The van der Waals surface area contributed by atoms with Crippen molar-refractivity contribution in [1.82, 2.24) is 0 Å². The third-order valence-electron chi connectivity index (χ3n) is 1.69. The summed E-state index contributed by atoms with van der Waals surface area (Å²) in [5.74, 6) is -2.78. The molecule has 0 amide bonds. The minimum atomic E-state index is -5.41. The summed E-state index contributed by atoms with van der Waals surface area (Å²) in [7, 11) is 1.37. The van der Waals surface area contributed by atoms with Crippen LogP contribution in [-0.2, 0) is 0 Å². The summed E-state index contributed by atoms with van der Waals surface area (Å²) in [6.45, 7) is 0. The second-order valence-electron chi connectivity index (χ2n) is 2.86. The Kier molecular flexibility index (Phi) is 3.93. The van der Waals surface area contributed by atoms with Crippen molar-refractivity contribution in [2.24, 2.45) is 0 Å². The number of hydrogen-bond donors (Lipinski definition) is 0. The summed E-state index contributed by atoms with van der Waals surface area (Å²) in [6.07, 6.45) is -5.41. The van der Waals surface area contributed by atoms with Crippen LogP contribution in [0.15, 0.2) is 36.1 Å². The van der Waals surface area contributed by atoms with Gasteiger partial charge in [-0.3, -0.25) is 0 Å². The van der Waals surface area contributed by atoms with Crippen LogP contribution in [0.4, 0.5) is 22.0 Å². The van der Waals surface area contributed by atoms with Gasteiger partial charge in [0.25, 0.3) is 5.83 Å². The third-order valence-corrected chi connectivity index (χ3v) is 1.69. The van der Waals surface area contributed by atoms with Gasteiger partial charge < -0.3 is 9.47 Å². The fourth-order valence-corrected chi connectivity index (χ4v) is 0.903. The summed E-state index contributed by atoms with van der Waals surface area (Å²) < 4.78 is 69.1. The van der Waals surface area contributed by atoms with Gasteiger partial charge in [-0.2, -0.15) is 22.0 Å². The van der Waals surface area contributed by atoms with Gasteiger partial charge in [0, 0.05) is 0 Å². The molecule has 0 saturated carbocycles. The number of allylic oxidation sites excluding steroid dienone is 1. The maximum Gasteiger partial charge on any atom is 0.449 e. The summed E-state index contributed by atoms with van der Waals surface area (Å²) in [5, 5.41) is 0. The molecular weight excluding hydrogens is 247 g/mol. The molecule has 0 fully saturated rings. The molecule has 7 heteroatoms. The van der Waals surface area contributed by atoms with Crippen molar-refractivity contribution >= 4 is 0 Å². The van der Waals surface area contributed by atoms with Crippen LogP contribution in [0.3, 0.4) is 0 Å². The molecule has 0 aliphatic carbocycles. The largest absolute Gasteiger partial charge is 0.497 e. The highest BCUT2D eigenvalue weighted by Gasteiger charge is 2.39. The smallest absolute Gasteiger partial charge is 0.449 e. The number of rotatable bonds is 3. The van der Waals surface area contributed by atoms with Gasteiger partial charge in [-0.15, -0.1) is 0 Å². The zero-order valence-electron chi connectivity index (χ0n) is 8.52. The SMILES string of the molecule is COc1ccc(O/C(F)=C(\F)C(F)(F)F)cc1. The van der Waals surface area contributed by atoms with Crippen molar-refractivity contribution < 1.29 is 31.4 Å². The van der Waals surface area contributed by atoms with Crippen molar-refractivity contribution in [2.75, 3.05) is 7.11 Å². The van der Waals surface area contributed by atoms with Crippen LogP contribution >= 0.6 is 0 Å². The van der Waals surface area contributed by atoms with E-state index in [0.717, 1.165) is 12.1 Å². The summed E-state index contributed by atoms with van der Waals surface area (Å²) >= 11 is 0. The van der Waals surface area contributed by atoms with Crippen LogP contribution in [-0.4, -0.2) is 13.3 Å². The third kappa shape index (κ3) is 3.61. The minimum Gasteiger partial charge on any atom is -0.497 e. The molecule has 1 aromatic rings. The number of hydrogen-bond acceptors (Lipinski definition) is 2. The zero-order valence-corrected chi connectivity index (χ0v) is 8.52. The molecule has 0 atom stereocenters. The van der Waals surface area contributed by atoms with Gasteiger partial charge in [-0.1, -0.05) is 0 Å². The van der Waals surface area contributed by atoms with Crippen LogP contribution in [0.1, 0.15) is 0 Å². The first-order valence-electron chi connectivity index (χ1n) is 4.29. The molecule has 2 nitrogen and oxygen atoms in total. The highest BCUT2D eigenvalue weighted by Crippen LogP contribution is 2.31. The Morgan fingerprint density at radius 3 is 1.88 bits per heavy atom. The van der Waals surface area contributed by atoms with E-state index >= 15 is 0 Å². The van der Waals surface area contributed by atoms with E-state index in [9.17, 15) is 22.0 Å². The predicted molar refractivity (Wildman–Crippen MR) is 48.9 cm³/mol. The molecule has 0 aromatic heterocycles. The van der Waals surface area contributed by atoms with Crippen LogP contribution < -0.4 is 9.47 Å². The molecule has 94 valence electrons. The van der Waals surface area contributed by atoms with Gasteiger partial charge in [-0.25, -0.2) is 0 Å². The Labute approximate surface area is 93.3 Å². The molecule has 0 aliphatic rings. The molecule has 0 radical (unpaired) electrons. The Morgan fingerprint density at radius 2 is 1.47 bits per heavy atom. The van der Waals surface area contributed by atoms with E-state index in [1.807, 2.05) is 0 Å².